The minimum Gasteiger partial charge on any atom is -0.493 e. The fourth-order valence-corrected chi connectivity index (χ4v) is 1.99. The zero-order chi connectivity index (χ0) is 15.2. The molecule has 7 nitrogen and oxygen atoms in total. The molecule has 1 aliphatic heterocycles. The standard InChI is InChI=1S/C14H17N3O4/c1-20-11-5-3-9(7-12(11)21-2)8-15-17-14(19)10-4-6-13(18)16-10/h3,5,7-8,10H,4,6H2,1-2H3,(H,16,18)(H,17,19). The second-order valence-corrected chi connectivity index (χ2v) is 4.51. The van der Waals surface area contributed by atoms with Gasteiger partial charge in [0.2, 0.25) is 5.91 Å². The molecule has 1 aromatic rings. The molecule has 0 spiro atoms. The summed E-state index contributed by atoms with van der Waals surface area (Å²) in [6.45, 7) is 0. The van der Waals surface area contributed by atoms with Gasteiger partial charge in [0.15, 0.2) is 11.5 Å². The fourth-order valence-electron chi connectivity index (χ4n) is 1.99. The Kier molecular flexibility index (Phi) is 4.76. The summed E-state index contributed by atoms with van der Waals surface area (Å²) >= 11 is 0. The van der Waals surface area contributed by atoms with E-state index in [-0.39, 0.29) is 11.8 Å². The molecule has 0 aromatic heterocycles. The normalized spacial score (nSPS) is 17.6. The van der Waals surface area contributed by atoms with Crippen LogP contribution in [0.3, 0.4) is 0 Å². The van der Waals surface area contributed by atoms with Gasteiger partial charge in [0.1, 0.15) is 6.04 Å². The van der Waals surface area contributed by atoms with Crippen molar-refractivity contribution in [1.29, 1.82) is 0 Å². The summed E-state index contributed by atoms with van der Waals surface area (Å²) in [5.74, 6) is 0.764. The lowest BCUT2D eigenvalue weighted by atomic mass is 10.2. The Balaban J connectivity index is 1.95. The van der Waals surface area contributed by atoms with Crippen molar-refractivity contribution in [2.75, 3.05) is 14.2 Å². The van der Waals surface area contributed by atoms with Crippen molar-refractivity contribution >= 4 is 18.0 Å². The quantitative estimate of drug-likeness (QED) is 0.608. The molecule has 0 aliphatic carbocycles. The maximum atomic E-state index is 11.7. The molecule has 1 heterocycles. The van der Waals surface area contributed by atoms with Crippen molar-refractivity contribution in [3.8, 4) is 11.5 Å². The number of hydrogen-bond acceptors (Lipinski definition) is 5. The van der Waals surface area contributed by atoms with Gasteiger partial charge < -0.3 is 14.8 Å². The van der Waals surface area contributed by atoms with Crippen LogP contribution in [0.15, 0.2) is 23.3 Å². The Morgan fingerprint density at radius 3 is 2.76 bits per heavy atom. The zero-order valence-corrected chi connectivity index (χ0v) is 11.9. The molecule has 2 N–H and O–H groups in total. The van der Waals surface area contributed by atoms with E-state index in [0.717, 1.165) is 5.56 Å². The first-order chi connectivity index (χ1) is 10.1. The number of carbonyl (C=O) groups excluding carboxylic acids is 2. The summed E-state index contributed by atoms with van der Waals surface area (Å²) in [6.07, 6.45) is 2.37. The van der Waals surface area contributed by atoms with E-state index >= 15 is 0 Å². The molecule has 1 aliphatic rings. The third-order valence-electron chi connectivity index (χ3n) is 3.11. The number of methoxy groups -OCH3 is 2. The van der Waals surface area contributed by atoms with Crippen LogP contribution in [0.2, 0.25) is 0 Å². The van der Waals surface area contributed by atoms with Gasteiger partial charge >= 0.3 is 0 Å². The third kappa shape index (κ3) is 3.71. The molecule has 2 rings (SSSR count). The summed E-state index contributed by atoms with van der Waals surface area (Å²) in [6, 6.07) is 4.78. The van der Waals surface area contributed by atoms with Gasteiger partial charge in [-0.2, -0.15) is 5.10 Å². The van der Waals surface area contributed by atoms with E-state index < -0.39 is 6.04 Å². The molecular formula is C14H17N3O4. The van der Waals surface area contributed by atoms with Crippen LogP contribution >= 0.6 is 0 Å². The van der Waals surface area contributed by atoms with Crippen LogP contribution in [0.25, 0.3) is 0 Å². The van der Waals surface area contributed by atoms with Crippen LogP contribution < -0.4 is 20.2 Å². The number of hydrazone groups is 1. The monoisotopic (exact) mass is 291 g/mol. The van der Waals surface area contributed by atoms with E-state index in [1.54, 1.807) is 32.4 Å². The Morgan fingerprint density at radius 2 is 2.14 bits per heavy atom. The minimum atomic E-state index is -0.500. The topological polar surface area (TPSA) is 89.0 Å². The van der Waals surface area contributed by atoms with Crippen LogP contribution in [0.5, 0.6) is 11.5 Å². The van der Waals surface area contributed by atoms with Crippen LogP contribution in [0.4, 0.5) is 0 Å². The minimum absolute atomic E-state index is 0.112. The van der Waals surface area contributed by atoms with Crippen molar-refractivity contribution < 1.29 is 19.1 Å². The predicted octanol–water partition coefficient (Wildman–Crippen LogP) is 0.432. The predicted molar refractivity (Wildman–Crippen MR) is 76.4 cm³/mol. The molecule has 1 fully saturated rings. The second-order valence-electron chi connectivity index (χ2n) is 4.51. The average molecular weight is 291 g/mol. The maximum Gasteiger partial charge on any atom is 0.262 e. The second kappa shape index (κ2) is 6.74. The lowest BCUT2D eigenvalue weighted by Crippen LogP contribution is -2.39. The Hall–Kier alpha value is -2.57. The smallest absolute Gasteiger partial charge is 0.262 e. The number of ether oxygens (including phenoxy) is 2. The van der Waals surface area contributed by atoms with Crippen molar-refractivity contribution in [1.82, 2.24) is 10.7 Å². The van der Waals surface area contributed by atoms with Crippen molar-refractivity contribution in [3.05, 3.63) is 23.8 Å². The first-order valence-electron chi connectivity index (χ1n) is 6.48. The molecule has 1 unspecified atom stereocenters. The van der Waals surface area contributed by atoms with Crippen LogP contribution in [-0.2, 0) is 9.59 Å². The van der Waals surface area contributed by atoms with E-state index in [9.17, 15) is 9.59 Å². The van der Waals surface area contributed by atoms with Gasteiger partial charge in [-0.05, 0) is 30.2 Å². The molecule has 1 saturated heterocycles. The van der Waals surface area contributed by atoms with E-state index in [2.05, 4.69) is 15.8 Å². The van der Waals surface area contributed by atoms with Crippen molar-refractivity contribution in [2.24, 2.45) is 5.10 Å². The number of nitrogens with one attached hydrogen (secondary N) is 2. The average Bonchev–Trinajstić information content (AvgIpc) is 2.93. The van der Waals surface area contributed by atoms with Gasteiger partial charge in [0, 0.05) is 6.42 Å². The summed E-state index contributed by atoms with van der Waals surface area (Å²) in [5, 5.41) is 6.44. The Bertz CT molecular complexity index is 571. The number of benzene rings is 1. The van der Waals surface area contributed by atoms with E-state index in [1.807, 2.05) is 0 Å². The largest absolute Gasteiger partial charge is 0.493 e. The maximum absolute atomic E-state index is 11.7. The number of nitrogens with zero attached hydrogens (tertiary/aromatic N) is 1. The van der Waals surface area contributed by atoms with Gasteiger partial charge in [-0.25, -0.2) is 5.43 Å². The molecular weight excluding hydrogens is 274 g/mol. The molecule has 0 saturated carbocycles. The number of carbonyl (C=O) groups is 2. The highest BCUT2D eigenvalue weighted by Crippen LogP contribution is 2.26. The molecule has 7 heteroatoms. The molecule has 0 radical (unpaired) electrons. The Morgan fingerprint density at radius 1 is 1.38 bits per heavy atom. The first kappa shape index (κ1) is 14.8. The van der Waals surface area contributed by atoms with Crippen LogP contribution in [0, 0.1) is 0 Å². The SMILES string of the molecule is COc1ccc(C=NNC(=O)C2CCC(=O)N2)cc1OC. The number of hydrogen-bond donors (Lipinski definition) is 2. The van der Waals surface area contributed by atoms with Gasteiger partial charge in [-0.1, -0.05) is 0 Å². The molecule has 2 amide bonds. The van der Waals surface area contributed by atoms with E-state index in [0.29, 0.717) is 24.3 Å². The summed E-state index contributed by atoms with van der Waals surface area (Å²) in [4.78, 5) is 22.7. The van der Waals surface area contributed by atoms with E-state index in [1.165, 1.54) is 6.21 Å². The van der Waals surface area contributed by atoms with Gasteiger partial charge in [-0.15, -0.1) is 0 Å². The molecule has 0 bridgehead atoms. The van der Waals surface area contributed by atoms with Crippen LogP contribution in [-0.4, -0.2) is 38.3 Å². The summed E-state index contributed by atoms with van der Waals surface area (Å²) < 4.78 is 10.3. The lowest BCUT2D eigenvalue weighted by Gasteiger charge is -2.08. The van der Waals surface area contributed by atoms with Gasteiger partial charge in [-0.3, -0.25) is 9.59 Å². The molecule has 112 valence electrons. The third-order valence-corrected chi connectivity index (χ3v) is 3.11. The van der Waals surface area contributed by atoms with Crippen LogP contribution in [0.1, 0.15) is 18.4 Å². The van der Waals surface area contributed by atoms with Gasteiger partial charge in [0.25, 0.3) is 5.91 Å². The first-order valence-corrected chi connectivity index (χ1v) is 6.48. The number of amides is 2. The molecule has 1 atom stereocenters. The Labute approximate surface area is 122 Å². The fraction of sp³-hybridized carbons (Fsp3) is 0.357. The summed E-state index contributed by atoms with van der Waals surface area (Å²) in [5.41, 5.74) is 3.16. The van der Waals surface area contributed by atoms with Crippen molar-refractivity contribution in [2.45, 2.75) is 18.9 Å². The zero-order valence-electron chi connectivity index (χ0n) is 11.9. The van der Waals surface area contributed by atoms with Gasteiger partial charge in [0.05, 0.1) is 20.4 Å². The lowest BCUT2D eigenvalue weighted by molar-refractivity contribution is -0.125. The highest BCUT2D eigenvalue weighted by Gasteiger charge is 2.26. The molecule has 1 aromatic carbocycles. The van der Waals surface area contributed by atoms with E-state index in [4.69, 9.17) is 9.47 Å². The number of rotatable bonds is 5. The summed E-state index contributed by atoms with van der Waals surface area (Å²) in [7, 11) is 3.10. The molecule has 21 heavy (non-hydrogen) atoms. The highest BCUT2D eigenvalue weighted by atomic mass is 16.5. The highest BCUT2D eigenvalue weighted by molar-refractivity contribution is 5.91. The van der Waals surface area contributed by atoms with Crippen molar-refractivity contribution in [3.63, 3.8) is 0 Å².